The van der Waals surface area contributed by atoms with Crippen LogP contribution < -0.4 is 4.74 Å². The van der Waals surface area contributed by atoms with Gasteiger partial charge in [-0.15, -0.1) is 5.16 Å². The maximum absolute atomic E-state index is 8.69. The number of nitrogens with zero attached hydrogens (tertiary/aromatic N) is 2. The second kappa shape index (κ2) is 7.99. The highest BCUT2D eigenvalue weighted by Gasteiger charge is 2.19. The van der Waals surface area contributed by atoms with Crippen LogP contribution in [-0.4, -0.2) is 37.0 Å². The third-order valence-corrected chi connectivity index (χ3v) is 4.36. The van der Waals surface area contributed by atoms with Crippen LogP contribution in [0, 0.1) is 0 Å². The minimum atomic E-state index is 0.575. The van der Waals surface area contributed by atoms with Crippen molar-refractivity contribution in [2.45, 2.75) is 19.4 Å². The molecule has 0 spiro atoms. The van der Waals surface area contributed by atoms with Crippen LogP contribution in [0.15, 0.2) is 53.7 Å². The monoisotopic (exact) mass is 336 g/mol. The molecule has 4 nitrogen and oxygen atoms in total. The summed E-state index contributed by atoms with van der Waals surface area (Å²) in [5.74, 6) is 0.900. The van der Waals surface area contributed by atoms with Gasteiger partial charge in [0.25, 0.3) is 0 Å². The first-order valence-electron chi connectivity index (χ1n) is 8.54. The van der Waals surface area contributed by atoms with Crippen molar-refractivity contribution >= 4 is 11.8 Å². The zero-order valence-corrected chi connectivity index (χ0v) is 14.8. The van der Waals surface area contributed by atoms with Crippen molar-refractivity contribution in [3.05, 3.63) is 70.8 Å². The SMILES string of the molecule is CN(C)CC/C=C1/c2ccccc2COc2ccc(C/C=N/O)cc21. The van der Waals surface area contributed by atoms with Crippen molar-refractivity contribution in [3.63, 3.8) is 0 Å². The van der Waals surface area contributed by atoms with Crippen LogP contribution in [0.5, 0.6) is 5.75 Å². The molecule has 3 rings (SSSR count). The number of oxime groups is 1. The van der Waals surface area contributed by atoms with Crippen molar-refractivity contribution in [1.29, 1.82) is 0 Å². The Morgan fingerprint density at radius 3 is 2.80 bits per heavy atom. The van der Waals surface area contributed by atoms with Gasteiger partial charge in [-0.25, -0.2) is 0 Å². The molecule has 0 saturated carbocycles. The average Bonchev–Trinajstić information content (AvgIpc) is 2.77. The molecule has 0 radical (unpaired) electrons. The first-order valence-corrected chi connectivity index (χ1v) is 8.54. The number of hydrogen-bond acceptors (Lipinski definition) is 4. The van der Waals surface area contributed by atoms with E-state index in [4.69, 9.17) is 9.94 Å². The third-order valence-electron chi connectivity index (χ3n) is 4.36. The summed E-state index contributed by atoms with van der Waals surface area (Å²) in [6.45, 7) is 1.57. The summed E-state index contributed by atoms with van der Waals surface area (Å²) in [4.78, 5) is 2.19. The summed E-state index contributed by atoms with van der Waals surface area (Å²) >= 11 is 0. The molecular formula is C21H24N2O2. The smallest absolute Gasteiger partial charge is 0.127 e. The highest BCUT2D eigenvalue weighted by atomic mass is 16.5. The molecule has 1 N–H and O–H groups in total. The van der Waals surface area contributed by atoms with Gasteiger partial charge >= 0.3 is 0 Å². The number of benzene rings is 2. The molecule has 0 atom stereocenters. The van der Waals surface area contributed by atoms with Gasteiger partial charge in [-0.2, -0.15) is 0 Å². The van der Waals surface area contributed by atoms with Gasteiger partial charge in [0, 0.05) is 24.7 Å². The number of ether oxygens (including phenoxy) is 1. The van der Waals surface area contributed by atoms with E-state index in [9.17, 15) is 0 Å². The second-order valence-electron chi connectivity index (χ2n) is 6.49. The molecule has 2 aromatic carbocycles. The zero-order valence-electron chi connectivity index (χ0n) is 14.8. The summed E-state index contributed by atoms with van der Waals surface area (Å²) in [5, 5.41) is 11.8. The van der Waals surface area contributed by atoms with E-state index in [1.54, 1.807) is 0 Å². The lowest BCUT2D eigenvalue weighted by Gasteiger charge is -2.13. The van der Waals surface area contributed by atoms with Crippen LogP contribution in [0.1, 0.15) is 28.7 Å². The minimum Gasteiger partial charge on any atom is -0.488 e. The maximum Gasteiger partial charge on any atom is 0.127 e. The predicted molar refractivity (Wildman–Crippen MR) is 101 cm³/mol. The molecule has 25 heavy (non-hydrogen) atoms. The number of rotatable bonds is 5. The van der Waals surface area contributed by atoms with Gasteiger partial charge in [-0.1, -0.05) is 36.4 Å². The maximum atomic E-state index is 8.69. The zero-order chi connectivity index (χ0) is 17.6. The largest absolute Gasteiger partial charge is 0.488 e. The molecule has 0 fully saturated rings. The fourth-order valence-electron chi connectivity index (χ4n) is 3.08. The van der Waals surface area contributed by atoms with Crippen molar-refractivity contribution in [2.75, 3.05) is 20.6 Å². The van der Waals surface area contributed by atoms with Crippen molar-refractivity contribution in [3.8, 4) is 5.75 Å². The summed E-state index contributed by atoms with van der Waals surface area (Å²) in [6, 6.07) is 14.6. The molecule has 1 aliphatic rings. The summed E-state index contributed by atoms with van der Waals surface area (Å²) in [5.41, 5.74) is 5.85. The Balaban J connectivity index is 2.06. The number of fused-ring (bicyclic) bond motifs is 2. The Bertz CT molecular complexity index is 794. The van der Waals surface area contributed by atoms with Crippen LogP contribution in [0.2, 0.25) is 0 Å². The Morgan fingerprint density at radius 1 is 1.16 bits per heavy atom. The van der Waals surface area contributed by atoms with Gasteiger partial charge in [0.15, 0.2) is 0 Å². The lowest BCUT2D eigenvalue weighted by atomic mass is 9.92. The molecule has 1 aliphatic heterocycles. The van der Waals surface area contributed by atoms with Crippen molar-refractivity contribution in [2.24, 2.45) is 5.16 Å². The van der Waals surface area contributed by atoms with Crippen LogP contribution in [-0.2, 0) is 13.0 Å². The molecule has 130 valence electrons. The molecule has 4 heteroatoms. The van der Waals surface area contributed by atoms with Gasteiger partial charge < -0.3 is 14.8 Å². The van der Waals surface area contributed by atoms with Gasteiger partial charge in [0.1, 0.15) is 12.4 Å². The standard InChI is InChI=1S/C21H24N2O2/c1-23(2)13-5-8-19-18-7-4-3-6-17(18)15-25-21-10-9-16(11-12-22-24)14-20(19)21/h3-4,6-10,12,14,24H,5,11,13,15H2,1-2H3/b19-8-,22-12+. The Morgan fingerprint density at radius 2 is 2.00 bits per heavy atom. The molecule has 0 aliphatic carbocycles. The summed E-state index contributed by atoms with van der Waals surface area (Å²) in [6.07, 6.45) is 5.37. The minimum absolute atomic E-state index is 0.575. The van der Waals surface area contributed by atoms with E-state index in [1.165, 1.54) is 22.9 Å². The van der Waals surface area contributed by atoms with E-state index in [2.05, 4.69) is 60.6 Å². The van der Waals surface area contributed by atoms with E-state index in [0.29, 0.717) is 13.0 Å². The first kappa shape index (κ1) is 17.2. The van der Waals surface area contributed by atoms with Crippen molar-refractivity contribution < 1.29 is 9.94 Å². The lowest BCUT2D eigenvalue weighted by molar-refractivity contribution is 0.307. The van der Waals surface area contributed by atoms with Crippen LogP contribution in [0.4, 0.5) is 0 Å². The van der Waals surface area contributed by atoms with E-state index >= 15 is 0 Å². The Hall–Kier alpha value is -2.59. The number of hydrogen-bond donors (Lipinski definition) is 1. The van der Waals surface area contributed by atoms with Gasteiger partial charge in [-0.3, -0.25) is 0 Å². The average molecular weight is 336 g/mol. The molecule has 0 bridgehead atoms. The Labute approximate surface area is 149 Å². The molecule has 0 unspecified atom stereocenters. The van der Waals surface area contributed by atoms with Crippen LogP contribution in [0.25, 0.3) is 5.57 Å². The second-order valence-corrected chi connectivity index (χ2v) is 6.49. The predicted octanol–water partition coefficient (Wildman–Crippen LogP) is 3.96. The van der Waals surface area contributed by atoms with Gasteiger partial charge in [-0.05, 0) is 54.9 Å². The lowest BCUT2D eigenvalue weighted by Crippen LogP contribution is -2.12. The topological polar surface area (TPSA) is 45.1 Å². The fourth-order valence-corrected chi connectivity index (χ4v) is 3.08. The molecular weight excluding hydrogens is 312 g/mol. The fraction of sp³-hybridized carbons (Fsp3) is 0.286. The molecule has 0 saturated heterocycles. The highest BCUT2D eigenvalue weighted by Crippen LogP contribution is 2.37. The van der Waals surface area contributed by atoms with Gasteiger partial charge in [0.05, 0.1) is 0 Å². The molecule has 1 heterocycles. The van der Waals surface area contributed by atoms with E-state index in [1.807, 2.05) is 12.1 Å². The quantitative estimate of drug-likeness (QED) is 0.510. The molecule has 0 amide bonds. The van der Waals surface area contributed by atoms with Crippen LogP contribution in [0.3, 0.4) is 0 Å². The normalized spacial score (nSPS) is 15.1. The summed E-state index contributed by atoms with van der Waals surface area (Å²) in [7, 11) is 4.17. The molecule has 0 aromatic heterocycles. The Kier molecular flexibility index (Phi) is 5.51. The van der Waals surface area contributed by atoms with Crippen LogP contribution >= 0.6 is 0 Å². The summed E-state index contributed by atoms with van der Waals surface area (Å²) < 4.78 is 6.06. The van der Waals surface area contributed by atoms with Crippen molar-refractivity contribution in [1.82, 2.24) is 4.90 Å². The highest BCUT2D eigenvalue weighted by molar-refractivity contribution is 5.85. The molecule has 2 aromatic rings. The van der Waals surface area contributed by atoms with E-state index in [-0.39, 0.29) is 0 Å². The van der Waals surface area contributed by atoms with Gasteiger partial charge in [0.2, 0.25) is 0 Å². The van der Waals surface area contributed by atoms with E-state index in [0.717, 1.165) is 29.8 Å². The third kappa shape index (κ3) is 4.09. The van der Waals surface area contributed by atoms with E-state index < -0.39 is 0 Å². The first-order chi connectivity index (χ1) is 12.2.